The highest BCUT2D eigenvalue weighted by Gasteiger charge is 2.28. The maximum atomic E-state index is 12.4. The molecule has 1 amide bonds. The number of ether oxygens (including phenoxy) is 1. The summed E-state index contributed by atoms with van der Waals surface area (Å²) in [5.74, 6) is 1.08. The standard InChI is InChI=1S/C15H22N4O2/c20-15(18-13-3-8-21-9-4-13)12-2-1-7-19(11-12)14-10-16-5-6-17-14/h5-6,10,12-13H,1-4,7-9,11H2,(H,18,20). The van der Waals surface area contributed by atoms with Gasteiger partial charge in [-0.1, -0.05) is 0 Å². The Hall–Kier alpha value is -1.69. The zero-order chi connectivity index (χ0) is 14.5. The lowest BCUT2D eigenvalue weighted by Crippen LogP contribution is -2.47. The lowest BCUT2D eigenvalue weighted by molar-refractivity contribution is -0.126. The molecule has 0 saturated carbocycles. The number of carbonyl (C=O) groups is 1. The maximum absolute atomic E-state index is 12.4. The van der Waals surface area contributed by atoms with Gasteiger partial charge in [-0.05, 0) is 25.7 Å². The van der Waals surface area contributed by atoms with Crippen LogP contribution >= 0.6 is 0 Å². The minimum Gasteiger partial charge on any atom is -0.381 e. The highest BCUT2D eigenvalue weighted by atomic mass is 16.5. The van der Waals surface area contributed by atoms with Gasteiger partial charge in [0.15, 0.2) is 0 Å². The van der Waals surface area contributed by atoms with Crippen LogP contribution < -0.4 is 10.2 Å². The minimum absolute atomic E-state index is 0.0450. The second-order valence-corrected chi connectivity index (χ2v) is 5.74. The van der Waals surface area contributed by atoms with Gasteiger partial charge in [0.1, 0.15) is 5.82 Å². The normalized spacial score (nSPS) is 23.8. The number of nitrogens with one attached hydrogen (secondary N) is 1. The van der Waals surface area contributed by atoms with Crippen LogP contribution in [0.15, 0.2) is 18.6 Å². The molecule has 1 aromatic rings. The van der Waals surface area contributed by atoms with Crippen LogP contribution in [0.4, 0.5) is 5.82 Å². The summed E-state index contributed by atoms with van der Waals surface area (Å²) in [5.41, 5.74) is 0. The Morgan fingerprint density at radius 1 is 1.29 bits per heavy atom. The van der Waals surface area contributed by atoms with Gasteiger partial charge in [-0.3, -0.25) is 9.78 Å². The molecule has 0 aliphatic carbocycles. The van der Waals surface area contributed by atoms with Gasteiger partial charge in [0, 0.05) is 44.7 Å². The number of hydrogen-bond acceptors (Lipinski definition) is 5. The van der Waals surface area contributed by atoms with E-state index < -0.39 is 0 Å². The van der Waals surface area contributed by atoms with E-state index in [1.807, 2.05) is 0 Å². The third-order valence-corrected chi connectivity index (χ3v) is 4.23. The average molecular weight is 290 g/mol. The summed E-state index contributed by atoms with van der Waals surface area (Å²) in [6.07, 6.45) is 8.94. The molecule has 2 aliphatic rings. The lowest BCUT2D eigenvalue weighted by Gasteiger charge is -2.33. The van der Waals surface area contributed by atoms with Gasteiger partial charge in [0.2, 0.25) is 5.91 Å². The zero-order valence-corrected chi connectivity index (χ0v) is 12.2. The predicted molar refractivity (Wildman–Crippen MR) is 79.0 cm³/mol. The lowest BCUT2D eigenvalue weighted by atomic mass is 9.96. The Morgan fingerprint density at radius 3 is 2.90 bits per heavy atom. The molecule has 2 aliphatic heterocycles. The molecule has 114 valence electrons. The summed E-state index contributed by atoms with van der Waals surface area (Å²) in [6.45, 7) is 3.18. The van der Waals surface area contributed by atoms with Crippen molar-refractivity contribution in [2.45, 2.75) is 31.7 Å². The largest absolute Gasteiger partial charge is 0.381 e. The molecule has 3 rings (SSSR count). The van der Waals surface area contributed by atoms with Crippen LogP contribution in [0.1, 0.15) is 25.7 Å². The first-order valence-electron chi connectivity index (χ1n) is 7.72. The highest BCUT2D eigenvalue weighted by Crippen LogP contribution is 2.21. The first-order valence-corrected chi connectivity index (χ1v) is 7.72. The molecule has 0 bridgehead atoms. The summed E-state index contributed by atoms with van der Waals surface area (Å²) in [6, 6.07) is 0.276. The Kier molecular flexibility index (Phi) is 4.65. The molecule has 2 fully saturated rings. The first kappa shape index (κ1) is 14.3. The summed E-state index contributed by atoms with van der Waals surface area (Å²) in [7, 11) is 0. The summed E-state index contributed by atoms with van der Waals surface area (Å²) < 4.78 is 5.33. The minimum atomic E-state index is 0.0450. The SMILES string of the molecule is O=C(NC1CCOCC1)C1CCCN(c2cnccn2)C1. The monoisotopic (exact) mass is 290 g/mol. The van der Waals surface area contributed by atoms with Gasteiger partial charge in [-0.2, -0.15) is 0 Å². The molecule has 0 aromatic carbocycles. The quantitative estimate of drug-likeness (QED) is 0.899. The van der Waals surface area contributed by atoms with Crippen molar-refractivity contribution in [3.63, 3.8) is 0 Å². The van der Waals surface area contributed by atoms with E-state index in [1.54, 1.807) is 18.6 Å². The Balaban J connectivity index is 1.56. The van der Waals surface area contributed by atoms with Crippen LogP contribution in [-0.4, -0.2) is 48.2 Å². The van der Waals surface area contributed by atoms with E-state index in [1.165, 1.54) is 0 Å². The number of hydrogen-bond donors (Lipinski definition) is 1. The van der Waals surface area contributed by atoms with E-state index >= 15 is 0 Å². The van der Waals surface area contributed by atoms with Crippen molar-refractivity contribution in [1.82, 2.24) is 15.3 Å². The third-order valence-electron chi connectivity index (χ3n) is 4.23. The van der Waals surface area contributed by atoms with Crippen LogP contribution in [0.2, 0.25) is 0 Å². The van der Waals surface area contributed by atoms with E-state index in [2.05, 4.69) is 20.2 Å². The molecule has 1 aromatic heterocycles. The fourth-order valence-electron chi connectivity index (χ4n) is 3.01. The van der Waals surface area contributed by atoms with Crippen molar-refractivity contribution in [3.8, 4) is 0 Å². The topological polar surface area (TPSA) is 67.3 Å². The Morgan fingerprint density at radius 2 is 2.14 bits per heavy atom. The molecule has 21 heavy (non-hydrogen) atoms. The number of amides is 1. The number of aromatic nitrogens is 2. The molecule has 1 atom stereocenters. The molecular weight excluding hydrogens is 268 g/mol. The molecule has 6 heteroatoms. The van der Waals surface area contributed by atoms with E-state index in [0.29, 0.717) is 0 Å². The Labute approximate surface area is 124 Å². The average Bonchev–Trinajstić information content (AvgIpc) is 2.57. The molecule has 0 spiro atoms. The summed E-state index contributed by atoms with van der Waals surface area (Å²) >= 11 is 0. The van der Waals surface area contributed by atoms with Crippen LogP contribution in [0.5, 0.6) is 0 Å². The van der Waals surface area contributed by atoms with E-state index in [-0.39, 0.29) is 17.9 Å². The zero-order valence-electron chi connectivity index (χ0n) is 12.2. The molecule has 1 unspecified atom stereocenters. The molecule has 3 heterocycles. The summed E-state index contributed by atoms with van der Waals surface area (Å²) in [5, 5.41) is 3.18. The molecule has 6 nitrogen and oxygen atoms in total. The van der Waals surface area contributed by atoms with Crippen LogP contribution in [0.25, 0.3) is 0 Å². The van der Waals surface area contributed by atoms with E-state index in [0.717, 1.165) is 57.8 Å². The fraction of sp³-hybridized carbons (Fsp3) is 0.667. The van der Waals surface area contributed by atoms with Crippen LogP contribution in [0.3, 0.4) is 0 Å². The van der Waals surface area contributed by atoms with Gasteiger partial charge in [0.25, 0.3) is 0 Å². The van der Waals surface area contributed by atoms with Gasteiger partial charge in [0.05, 0.1) is 12.1 Å². The van der Waals surface area contributed by atoms with E-state index in [4.69, 9.17) is 4.74 Å². The van der Waals surface area contributed by atoms with Gasteiger partial charge in [-0.15, -0.1) is 0 Å². The van der Waals surface area contributed by atoms with Crippen molar-refractivity contribution in [1.29, 1.82) is 0 Å². The van der Waals surface area contributed by atoms with Gasteiger partial charge < -0.3 is 15.0 Å². The highest BCUT2D eigenvalue weighted by molar-refractivity contribution is 5.79. The van der Waals surface area contributed by atoms with Crippen molar-refractivity contribution in [2.75, 3.05) is 31.2 Å². The Bertz CT molecular complexity index is 462. The smallest absolute Gasteiger partial charge is 0.225 e. The summed E-state index contributed by atoms with van der Waals surface area (Å²) in [4.78, 5) is 23.0. The second kappa shape index (κ2) is 6.85. The third kappa shape index (κ3) is 3.69. The molecule has 0 radical (unpaired) electrons. The first-order chi connectivity index (χ1) is 10.3. The van der Waals surface area contributed by atoms with Crippen LogP contribution in [-0.2, 0) is 9.53 Å². The second-order valence-electron chi connectivity index (χ2n) is 5.74. The van der Waals surface area contributed by atoms with E-state index in [9.17, 15) is 4.79 Å². The molecule has 2 saturated heterocycles. The number of carbonyl (C=O) groups excluding carboxylic acids is 1. The van der Waals surface area contributed by atoms with Crippen molar-refractivity contribution < 1.29 is 9.53 Å². The number of anilines is 1. The van der Waals surface area contributed by atoms with Crippen molar-refractivity contribution in [3.05, 3.63) is 18.6 Å². The van der Waals surface area contributed by atoms with Crippen molar-refractivity contribution >= 4 is 11.7 Å². The predicted octanol–water partition coefficient (Wildman–Crippen LogP) is 0.988. The number of piperidine rings is 1. The number of nitrogens with zero attached hydrogens (tertiary/aromatic N) is 3. The van der Waals surface area contributed by atoms with Gasteiger partial charge in [-0.25, -0.2) is 4.98 Å². The van der Waals surface area contributed by atoms with Crippen molar-refractivity contribution in [2.24, 2.45) is 5.92 Å². The maximum Gasteiger partial charge on any atom is 0.225 e. The molecule has 1 N–H and O–H groups in total. The molecular formula is C15H22N4O2. The van der Waals surface area contributed by atoms with Gasteiger partial charge >= 0.3 is 0 Å². The fourth-order valence-corrected chi connectivity index (χ4v) is 3.01. The van der Waals surface area contributed by atoms with Crippen LogP contribution in [0, 0.1) is 5.92 Å². The number of rotatable bonds is 3.